The molecule has 0 bridgehead atoms. The quantitative estimate of drug-likeness (QED) is 0.713. The molecule has 29 heavy (non-hydrogen) atoms. The summed E-state index contributed by atoms with van der Waals surface area (Å²) in [6.45, 7) is 5.45. The van der Waals surface area contributed by atoms with Crippen LogP contribution in [0.2, 0.25) is 0 Å². The number of fused-ring (bicyclic) bond motifs is 1. The molecule has 0 unspecified atom stereocenters. The number of aliphatic hydroxyl groups is 1. The van der Waals surface area contributed by atoms with E-state index < -0.39 is 5.97 Å². The van der Waals surface area contributed by atoms with Gasteiger partial charge in [0.1, 0.15) is 0 Å². The van der Waals surface area contributed by atoms with E-state index in [1.54, 1.807) is 6.07 Å². The first-order valence-electron chi connectivity index (χ1n) is 10.1. The number of anilines is 1. The first kappa shape index (κ1) is 20.0. The van der Waals surface area contributed by atoms with E-state index in [1.165, 1.54) is 7.11 Å². The van der Waals surface area contributed by atoms with E-state index in [0.717, 1.165) is 12.8 Å². The highest BCUT2D eigenvalue weighted by atomic mass is 16.5. The first-order valence-corrected chi connectivity index (χ1v) is 10.1. The second kappa shape index (κ2) is 7.87. The number of methoxy groups -OCH3 is 1. The Balaban J connectivity index is 1.50. The Morgan fingerprint density at radius 3 is 2.69 bits per heavy atom. The van der Waals surface area contributed by atoms with Gasteiger partial charge >= 0.3 is 5.97 Å². The summed E-state index contributed by atoms with van der Waals surface area (Å²) in [5, 5.41) is 10.2. The molecule has 4 rings (SSSR count). The number of aliphatic hydroxyl groups excluding tert-OH is 1. The van der Waals surface area contributed by atoms with Crippen LogP contribution in [0.15, 0.2) is 6.07 Å². The average molecular weight is 404 g/mol. The van der Waals surface area contributed by atoms with E-state index in [2.05, 4.69) is 9.97 Å². The fraction of sp³-hybridized carbons (Fsp3) is 0.700. The van der Waals surface area contributed by atoms with Crippen LogP contribution in [0.4, 0.5) is 5.95 Å². The van der Waals surface area contributed by atoms with E-state index in [4.69, 9.17) is 9.47 Å². The molecule has 0 aromatic carbocycles. The Kier molecular flexibility index (Phi) is 5.44. The summed E-state index contributed by atoms with van der Waals surface area (Å²) in [6.07, 6.45) is 1.54. The molecule has 3 aliphatic heterocycles. The molecule has 9 nitrogen and oxygen atoms in total. The Labute approximate surface area is 170 Å². The van der Waals surface area contributed by atoms with Crippen molar-refractivity contribution in [3.8, 4) is 0 Å². The number of ether oxygens (including phenoxy) is 2. The van der Waals surface area contributed by atoms with Crippen molar-refractivity contribution >= 4 is 17.8 Å². The minimum atomic E-state index is -0.499. The molecule has 158 valence electrons. The van der Waals surface area contributed by atoms with E-state index in [9.17, 15) is 14.7 Å². The summed E-state index contributed by atoms with van der Waals surface area (Å²) in [6, 6.07) is 1.60. The monoisotopic (exact) mass is 404 g/mol. The number of carbonyl (C=O) groups is 2. The van der Waals surface area contributed by atoms with Crippen LogP contribution in [0.25, 0.3) is 0 Å². The van der Waals surface area contributed by atoms with E-state index in [0.29, 0.717) is 51.0 Å². The highest BCUT2D eigenvalue weighted by Gasteiger charge is 2.54. The third-order valence-electron chi connectivity index (χ3n) is 6.48. The summed E-state index contributed by atoms with van der Waals surface area (Å²) in [4.78, 5) is 37.6. The van der Waals surface area contributed by atoms with Crippen LogP contribution in [0, 0.1) is 24.2 Å². The summed E-state index contributed by atoms with van der Waals surface area (Å²) in [5.41, 5.74) is 0.516. The van der Waals surface area contributed by atoms with Crippen molar-refractivity contribution in [3.05, 3.63) is 17.5 Å². The fourth-order valence-electron chi connectivity index (χ4n) is 4.83. The second-order valence-electron chi connectivity index (χ2n) is 8.39. The molecule has 3 aliphatic rings. The third kappa shape index (κ3) is 3.69. The first-order chi connectivity index (χ1) is 14.0. The number of likely N-dealkylation sites (tertiary alicyclic amines) is 1. The van der Waals surface area contributed by atoms with Gasteiger partial charge in [-0.15, -0.1) is 0 Å². The molecule has 1 amide bonds. The zero-order valence-corrected chi connectivity index (χ0v) is 17.0. The highest BCUT2D eigenvalue weighted by Crippen LogP contribution is 2.43. The van der Waals surface area contributed by atoms with Gasteiger partial charge in [-0.3, -0.25) is 4.79 Å². The predicted octanol–water partition coefficient (Wildman–Crippen LogP) is 0.255. The SMILES string of the molecule is COC(=O)c1cc(C)nc(N2C[C@H]3CN(C(=O)C4CCOCC4)C[C@@]3(CO)C2)n1. The zero-order valence-electron chi connectivity index (χ0n) is 17.0. The Bertz CT molecular complexity index is 797. The molecule has 2 atom stereocenters. The van der Waals surface area contributed by atoms with Crippen LogP contribution >= 0.6 is 0 Å². The predicted molar refractivity (Wildman–Crippen MR) is 103 cm³/mol. The standard InChI is InChI=1S/C20H28N4O5/c1-13-7-16(18(27)28-2)22-19(21-13)24-9-15-8-23(10-20(15,11-24)12-25)17(26)14-3-5-29-6-4-14/h7,14-15,25H,3-6,8-12H2,1-2H3/t15-,20+/m1/s1. The van der Waals surface area contributed by atoms with Gasteiger partial charge in [0.25, 0.3) is 0 Å². The van der Waals surface area contributed by atoms with Crippen molar-refractivity contribution in [2.24, 2.45) is 17.3 Å². The average Bonchev–Trinajstić information content (AvgIpc) is 3.27. The molecule has 0 aliphatic carbocycles. The van der Waals surface area contributed by atoms with E-state index in [1.807, 2.05) is 16.7 Å². The smallest absolute Gasteiger partial charge is 0.356 e. The largest absolute Gasteiger partial charge is 0.464 e. The highest BCUT2D eigenvalue weighted by molar-refractivity contribution is 5.87. The molecule has 3 fully saturated rings. The van der Waals surface area contributed by atoms with Crippen LogP contribution in [0.5, 0.6) is 0 Å². The van der Waals surface area contributed by atoms with Crippen LogP contribution in [-0.4, -0.2) is 85.0 Å². The molecule has 3 saturated heterocycles. The van der Waals surface area contributed by atoms with Gasteiger partial charge in [0.2, 0.25) is 11.9 Å². The molecule has 1 aromatic heterocycles. The number of nitrogens with zero attached hydrogens (tertiary/aromatic N) is 4. The van der Waals surface area contributed by atoms with Gasteiger partial charge in [-0.05, 0) is 25.8 Å². The molecule has 0 radical (unpaired) electrons. The third-order valence-corrected chi connectivity index (χ3v) is 6.48. The number of amides is 1. The number of carbonyl (C=O) groups excluding carboxylic acids is 2. The van der Waals surface area contributed by atoms with Crippen molar-refractivity contribution < 1.29 is 24.2 Å². The van der Waals surface area contributed by atoms with Gasteiger partial charge in [0.05, 0.1) is 13.7 Å². The summed E-state index contributed by atoms with van der Waals surface area (Å²) >= 11 is 0. The molecule has 4 heterocycles. The summed E-state index contributed by atoms with van der Waals surface area (Å²) in [5.74, 6) is 0.317. The number of hydrogen-bond donors (Lipinski definition) is 1. The number of rotatable bonds is 4. The van der Waals surface area contributed by atoms with Gasteiger partial charge in [0.15, 0.2) is 5.69 Å². The van der Waals surface area contributed by atoms with Crippen LogP contribution in [0.1, 0.15) is 29.0 Å². The summed E-state index contributed by atoms with van der Waals surface area (Å²) in [7, 11) is 1.32. The molecular weight excluding hydrogens is 376 g/mol. The van der Waals surface area contributed by atoms with Gasteiger partial charge in [0, 0.05) is 62.3 Å². The maximum absolute atomic E-state index is 12.9. The van der Waals surface area contributed by atoms with Crippen molar-refractivity contribution in [3.63, 3.8) is 0 Å². The lowest BCUT2D eigenvalue weighted by atomic mass is 9.82. The molecule has 0 spiro atoms. The Morgan fingerprint density at radius 1 is 1.28 bits per heavy atom. The molecule has 1 aromatic rings. The van der Waals surface area contributed by atoms with Crippen LogP contribution in [-0.2, 0) is 14.3 Å². The molecule has 1 N–H and O–H groups in total. The van der Waals surface area contributed by atoms with Crippen molar-refractivity contribution in [2.75, 3.05) is 58.0 Å². The van der Waals surface area contributed by atoms with E-state index in [-0.39, 0.29) is 35.5 Å². The Hall–Kier alpha value is -2.26. The zero-order chi connectivity index (χ0) is 20.6. The van der Waals surface area contributed by atoms with Crippen LogP contribution in [0.3, 0.4) is 0 Å². The topological polar surface area (TPSA) is 105 Å². The lowest BCUT2D eigenvalue weighted by Gasteiger charge is -2.30. The van der Waals surface area contributed by atoms with Crippen LogP contribution < -0.4 is 4.90 Å². The minimum Gasteiger partial charge on any atom is -0.464 e. The van der Waals surface area contributed by atoms with Gasteiger partial charge in [-0.2, -0.15) is 0 Å². The normalized spacial score (nSPS) is 27.2. The maximum Gasteiger partial charge on any atom is 0.356 e. The van der Waals surface area contributed by atoms with Crippen molar-refractivity contribution in [1.82, 2.24) is 14.9 Å². The van der Waals surface area contributed by atoms with Gasteiger partial charge in [-0.25, -0.2) is 14.8 Å². The fourth-order valence-corrected chi connectivity index (χ4v) is 4.83. The maximum atomic E-state index is 12.9. The van der Waals surface area contributed by atoms with Crippen molar-refractivity contribution in [1.29, 1.82) is 0 Å². The van der Waals surface area contributed by atoms with Gasteiger partial charge in [-0.1, -0.05) is 0 Å². The summed E-state index contributed by atoms with van der Waals surface area (Å²) < 4.78 is 10.2. The number of esters is 1. The Morgan fingerprint density at radius 2 is 2.03 bits per heavy atom. The lowest BCUT2D eigenvalue weighted by Crippen LogP contribution is -2.42. The minimum absolute atomic E-state index is 0.00139. The lowest BCUT2D eigenvalue weighted by molar-refractivity contribution is -0.138. The molecular formula is C20H28N4O5. The number of aryl methyl sites for hydroxylation is 1. The number of hydrogen-bond acceptors (Lipinski definition) is 8. The molecule has 0 saturated carbocycles. The number of aromatic nitrogens is 2. The van der Waals surface area contributed by atoms with Crippen molar-refractivity contribution in [2.45, 2.75) is 19.8 Å². The molecule has 9 heteroatoms. The van der Waals surface area contributed by atoms with E-state index >= 15 is 0 Å². The van der Waals surface area contributed by atoms with Gasteiger partial charge < -0.3 is 24.4 Å². The second-order valence-corrected chi connectivity index (χ2v) is 8.39.